The highest BCUT2D eigenvalue weighted by Gasteiger charge is 2.46. The van der Waals surface area contributed by atoms with Crippen LogP contribution in [0.2, 0.25) is 0 Å². The third-order valence-corrected chi connectivity index (χ3v) is 7.66. The lowest BCUT2D eigenvalue weighted by atomic mass is 10.1. The van der Waals surface area contributed by atoms with Gasteiger partial charge >= 0.3 is 5.97 Å². The fraction of sp³-hybridized carbons (Fsp3) is 0.350. The zero-order valence-corrected chi connectivity index (χ0v) is 19.2. The van der Waals surface area contributed by atoms with Crippen LogP contribution in [0.15, 0.2) is 59.5 Å². The molecule has 0 radical (unpaired) electrons. The highest BCUT2D eigenvalue weighted by atomic mass is 79.9. The number of non-ortho nitro benzene ring substituents is 1. The van der Waals surface area contributed by atoms with Crippen molar-refractivity contribution in [1.82, 2.24) is 4.31 Å². The predicted molar refractivity (Wildman–Crippen MR) is 115 cm³/mol. The number of nitro groups is 1. The molecule has 3 rings (SSSR count). The zero-order valence-electron chi connectivity index (χ0n) is 16.8. The molecule has 0 amide bonds. The van der Waals surface area contributed by atoms with Crippen molar-refractivity contribution in [3.63, 3.8) is 0 Å². The van der Waals surface area contributed by atoms with Crippen LogP contribution in [0, 0.1) is 10.1 Å². The molecule has 0 N–H and O–H groups in total. The summed E-state index contributed by atoms with van der Waals surface area (Å²) >= 11 is 3.53. The summed E-state index contributed by atoms with van der Waals surface area (Å²) in [6.45, 7) is 1.53. The number of methoxy groups -OCH3 is 1. The Hall–Kier alpha value is -2.34. The minimum absolute atomic E-state index is 0.0804. The SMILES string of the molecule is COC(=O)[C@@H]1[C@H](C)O[C@H](c2ccccc2)[C@@H](Br)CN1S(=O)(=O)c1ccc([N+](=O)[O-])cc1. The van der Waals surface area contributed by atoms with Crippen molar-refractivity contribution in [2.24, 2.45) is 0 Å². The molecular formula is C20H21BrN2O7S. The third-order valence-electron chi connectivity index (χ3n) is 5.02. The molecular weight excluding hydrogens is 492 g/mol. The highest BCUT2D eigenvalue weighted by Crippen LogP contribution is 2.36. The van der Waals surface area contributed by atoms with Gasteiger partial charge in [-0.1, -0.05) is 46.3 Å². The number of nitro benzene ring substituents is 1. The number of carbonyl (C=O) groups is 1. The van der Waals surface area contributed by atoms with Gasteiger partial charge in [-0.3, -0.25) is 14.9 Å². The number of carbonyl (C=O) groups excluding carboxylic acids is 1. The van der Waals surface area contributed by atoms with Crippen LogP contribution in [0.1, 0.15) is 18.6 Å². The molecule has 1 aliphatic rings. The molecule has 2 aromatic rings. The van der Waals surface area contributed by atoms with Crippen LogP contribution in [-0.2, 0) is 24.3 Å². The van der Waals surface area contributed by atoms with E-state index in [4.69, 9.17) is 9.47 Å². The standard InChI is InChI=1S/C20H21BrN2O7S/c1-13-18(20(24)29-2)22(12-17(21)19(30-13)14-6-4-3-5-7-14)31(27,28)16-10-8-15(9-11-16)23(25)26/h3-11,13,17-19H,12H2,1-2H3/t13-,17-,18-,19+/m0/s1. The van der Waals surface area contributed by atoms with Crippen molar-refractivity contribution in [3.05, 3.63) is 70.3 Å². The fourth-order valence-electron chi connectivity index (χ4n) is 3.49. The lowest BCUT2D eigenvalue weighted by Crippen LogP contribution is -2.51. The molecule has 9 nitrogen and oxygen atoms in total. The number of hydrogen-bond acceptors (Lipinski definition) is 7. The monoisotopic (exact) mass is 512 g/mol. The number of hydrogen-bond donors (Lipinski definition) is 0. The second-order valence-corrected chi connectivity index (χ2v) is 10.0. The average Bonchev–Trinajstić information content (AvgIpc) is 2.90. The minimum atomic E-state index is -4.20. The molecule has 1 aliphatic heterocycles. The Bertz CT molecular complexity index is 1050. The van der Waals surface area contributed by atoms with E-state index in [-0.39, 0.29) is 17.1 Å². The first-order valence-corrected chi connectivity index (χ1v) is 11.7. The summed E-state index contributed by atoms with van der Waals surface area (Å²) in [7, 11) is -3.03. The minimum Gasteiger partial charge on any atom is -0.468 e. The van der Waals surface area contributed by atoms with Gasteiger partial charge in [0.25, 0.3) is 5.69 Å². The van der Waals surface area contributed by atoms with Gasteiger partial charge in [-0.15, -0.1) is 0 Å². The molecule has 0 spiro atoms. The predicted octanol–water partition coefficient (Wildman–Crippen LogP) is 3.05. The summed E-state index contributed by atoms with van der Waals surface area (Å²) in [6, 6.07) is 12.5. The average molecular weight is 513 g/mol. The van der Waals surface area contributed by atoms with Crippen molar-refractivity contribution >= 4 is 37.6 Å². The Morgan fingerprint density at radius 2 is 1.81 bits per heavy atom. The van der Waals surface area contributed by atoms with Gasteiger partial charge < -0.3 is 9.47 Å². The smallest absolute Gasteiger partial charge is 0.326 e. The molecule has 0 aliphatic carbocycles. The first-order chi connectivity index (χ1) is 14.7. The van der Waals surface area contributed by atoms with Crippen molar-refractivity contribution in [2.75, 3.05) is 13.7 Å². The van der Waals surface area contributed by atoms with Crippen LogP contribution >= 0.6 is 15.9 Å². The van der Waals surface area contributed by atoms with Gasteiger partial charge in [0, 0.05) is 18.7 Å². The highest BCUT2D eigenvalue weighted by molar-refractivity contribution is 9.09. The molecule has 0 unspecified atom stereocenters. The van der Waals surface area contributed by atoms with Crippen molar-refractivity contribution in [3.8, 4) is 0 Å². The van der Waals surface area contributed by atoms with E-state index in [0.717, 1.165) is 34.1 Å². The quantitative estimate of drug-likeness (QED) is 0.261. The molecule has 1 fully saturated rings. The number of benzene rings is 2. The van der Waals surface area contributed by atoms with Crippen molar-refractivity contribution in [1.29, 1.82) is 0 Å². The second-order valence-electron chi connectivity index (χ2n) is 6.98. The lowest BCUT2D eigenvalue weighted by molar-refractivity contribution is -0.384. The molecule has 1 heterocycles. The van der Waals surface area contributed by atoms with E-state index in [1.807, 2.05) is 30.3 Å². The number of esters is 1. The summed E-state index contributed by atoms with van der Waals surface area (Å²) in [5.74, 6) is -0.758. The molecule has 11 heteroatoms. The van der Waals surface area contributed by atoms with E-state index in [9.17, 15) is 23.3 Å². The largest absolute Gasteiger partial charge is 0.468 e. The number of alkyl halides is 1. The van der Waals surface area contributed by atoms with Gasteiger partial charge in [0.05, 0.1) is 34.0 Å². The Kier molecular flexibility index (Phi) is 7.10. The summed E-state index contributed by atoms with van der Waals surface area (Å²) in [4.78, 5) is 22.2. The molecule has 31 heavy (non-hydrogen) atoms. The van der Waals surface area contributed by atoms with Crippen LogP contribution < -0.4 is 0 Å². The van der Waals surface area contributed by atoms with Gasteiger partial charge in [0.1, 0.15) is 6.04 Å². The number of nitrogens with zero attached hydrogens (tertiary/aromatic N) is 2. The zero-order chi connectivity index (χ0) is 22.8. The summed E-state index contributed by atoms with van der Waals surface area (Å²) in [5.41, 5.74) is 0.591. The summed E-state index contributed by atoms with van der Waals surface area (Å²) in [6.07, 6.45) is -1.34. The van der Waals surface area contributed by atoms with Crippen LogP contribution in [-0.4, -0.2) is 54.2 Å². The molecule has 0 bridgehead atoms. The maximum Gasteiger partial charge on any atom is 0.326 e. The topological polar surface area (TPSA) is 116 Å². The maximum absolute atomic E-state index is 13.5. The van der Waals surface area contributed by atoms with E-state index in [1.165, 1.54) is 7.11 Å². The second kappa shape index (κ2) is 9.43. The van der Waals surface area contributed by atoms with E-state index in [1.54, 1.807) is 6.92 Å². The van der Waals surface area contributed by atoms with Gasteiger partial charge in [0.2, 0.25) is 10.0 Å². The van der Waals surface area contributed by atoms with E-state index < -0.39 is 44.0 Å². The number of sulfonamides is 1. The van der Waals surface area contributed by atoms with Crippen LogP contribution in [0.4, 0.5) is 5.69 Å². The van der Waals surface area contributed by atoms with E-state index in [0.29, 0.717) is 0 Å². The number of rotatable bonds is 5. The molecule has 4 atom stereocenters. The molecule has 0 saturated carbocycles. The number of halogens is 1. The Balaban J connectivity index is 2.04. The van der Waals surface area contributed by atoms with Gasteiger partial charge in [-0.05, 0) is 24.6 Å². The third kappa shape index (κ3) is 4.79. The normalized spacial score (nSPS) is 24.9. The molecule has 0 aromatic heterocycles. The Morgan fingerprint density at radius 1 is 1.19 bits per heavy atom. The Labute approximate surface area is 188 Å². The molecule has 1 saturated heterocycles. The number of ether oxygens (including phenoxy) is 2. The molecule has 166 valence electrons. The lowest BCUT2D eigenvalue weighted by Gasteiger charge is -2.30. The van der Waals surface area contributed by atoms with Crippen molar-refractivity contribution in [2.45, 2.75) is 34.9 Å². The first kappa shape index (κ1) is 23.3. The van der Waals surface area contributed by atoms with Crippen LogP contribution in [0.25, 0.3) is 0 Å². The van der Waals surface area contributed by atoms with E-state index in [2.05, 4.69) is 15.9 Å². The van der Waals surface area contributed by atoms with Gasteiger partial charge in [0.15, 0.2) is 0 Å². The van der Waals surface area contributed by atoms with Gasteiger partial charge in [-0.2, -0.15) is 4.31 Å². The summed E-state index contributed by atoms with van der Waals surface area (Å²) < 4.78 is 38.9. The maximum atomic E-state index is 13.5. The van der Waals surface area contributed by atoms with Gasteiger partial charge in [-0.25, -0.2) is 8.42 Å². The fourth-order valence-corrected chi connectivity index (χ4v) is 6.09. The Morgan fingerprint density at radius 3 is 2.35 bits per heavy atom. The van der Waals surface area contributed by atoms with Crippen LogP contribution in [0.3, 0.4) is 0 Å². The molecule has 2 aromatic carbocycles. The van der Waals surface area contributed by atoms with Crippen molar-refractivity contribution < 1.29 is 27.6 Å². The van der Waals surface area contributed by atoms with E-state index >= 15 is 0 Å². The summed E-state index contributed by atoms with van der Waals surface area (Å²) in [5, 5.41) is 10.9. The van der Waals surface area contributed by atoms with Crippen LogP contribution in [0.5, 0.6) is 0 Å². The first-order valence-electron chi connectivity index (χ1n) is 9.35.